The molecule has 2 rings (SSSR count). The molecule has 78 valence electrons. The fraction of sp³-hybridized carbons (Fsp3) is 0.273. The molecule has 15 heavy (non-hydrogen) atoms. The van der Waals surface area contributed by atoms with E-state index in [9.17, 15) is 0 Å². The Kier molecular flexibility index (Phi) is 2.78. The van der Waals surface area contributed by atoms with Gasteiger partial charge in [-0.15, -0.1) is 0 Å². The van der Waals surface area contributed by atoms with E-state index in [4.69, 9.17) is 5.73 Å². The van der Waals surface area contributed by atoms with Gasteiger partial charge in [0.05, 0.1) is 18.4 Å². The van der Waals surface area contributed by atoms with Crippen molar-refractivity contribution in [3.05, 3.63) is 47.5 Å². The zero-order chi connectivity index (χ0) is 10.7. The Morgan fingerprint density at radius 3 is 3.00 bits per heavy atom. The highest BCUT2D eigenvalue weighted by atomic mass is 15.3. The van der Waals surface area contributed by atoms with Gasteiger partial charge in [-0.05, 0) is 30.2 Å². The van der Waals surface area contributed by atoms with Crippen molar-refractivity contribution in [1.29, 1.82) is 0 Å². The molecule has 0 unspecified atom stereocenters. The molecule has 0 aromatic carbocycles. The Balaban J connectivity index is 2.16. The van der Waals surface area contributed by atoms with E-state index in [1.807, 2.05) is 36.1 Å². The topological polar surface area (TPSA) is 56.7 Å². The molecule has 0 fully saturated rings. The standard InChI is InChI=1S/C11H14N4/c1-9-6-14-15(7-9)8-10-2-3-13-11(4-10)5-12/h2-4,6-7H,5,8,12H2,1H3. The minimum absolute atomic E-state index is 0.478. The average molecular weight is 202 g/mol. The lowest BCUT2D eigenvalue weighted by molar-refractivity contribution is 0.684. The van der Waals surface area contributed by atoms with E-state index in [1.165, 1.54) is 11.1 Å². The van der Waals surface area contributed by atoms with Crippen molar-refractivity contribution in [2.45, 2.75) is 20.0 Å². The first kappa shape index (κ1) is 9.86. The van der Waals surface area contributed by atoms with E-state index < -0.39 is 0 Å². The summed E-state index contributed by atoms with van der Waals surface area (Å²) >= 11 is 0. The molecule has 0 amide bonds. The van der Waals surface area contributed by atoms with Crippen LogP contribution < -0.4 is 5.73 Å². The number of rotatable bonds is 3. The molecule has 0 aliphatic rings. The van der Waals surface area contributed by atoms with Crippen LogP contribution in [-0.2, 0) is 13.1 Å². The molecule has 2 heterocycles. The molecule has 0 saturated carbocycles. The third-order valence-electron chi connectivity index (χ3n) is 2.20. The summed E-state index contributed by atoms with van der Waals surface area (Å²) in [5, 5.41) is 4.23. The van der Waals surface area contributed by atoms with Gasteiger partial charge in [0.1, 0.15) is 0 Å². The zero-order valence-electron chi connectivity index (χ0n) is 8.72. The molecule has 0 aliphatic carbocycles. The lowest BCUT2D eigenvalue weighted by atomic mass is 10.2. The molecule has 2 aromatic heterocycles. The number of hydrogen-bond donors (Lipinski definition) is 1. The van der Waals surface area contributed by atoms with Crippen molar-refractivity contribution < 1.29 is 0 Å². The summed E-state index contributed by atoms with van der Waals surface area (Å²) < 4.78 is 1.91. The number of pyridine rings is 1. The van der Waals surface area contributed by atoms with Crippen LogP contribution in [-0.4, -0.2) is 14.8 Å². The SMILES string of the molecule is Cc1cnn(Cc2ccnc(CN)c2)c1. The second-order valence-electron chi connectivity index (χ2n) is 3.57. The van der Waals surface area contributed by atoms with Gasteiger partial charge in [0, 0.05) is 18.9 Å². The predicted molar refractivity (Wildman–Crippen MR) is 58.2 cm³/mol. The van der Waals surface area contributed by atoms with E-state index >= 15 is 0 Å². The van der Waals surface area contributed by atoms with Gasteiger partial charge < -0.3 is 5.73 Å². The highest BCUT2D eigenvalue weighted by molar-refractivity contribution is 5.16. The van der Waals surface area contributed by atoms with Crippen molar-refractivity contribution in [2.75, 3.05) is 0 Å². The summed E-state index contributed by atoms with van der Waals surface area (Å²) in [5.74, 6) is 0. The largest absolute Gasteiger partial charge is 0.325 e. The molecule has 4 nitrogen and oxygen atoms in total. The van der Waals surface area contributed by atoms with E-state index in [2.05, 4.69) is 10.1 Å². The highest BCUT2D eigenvalue weighted by Crippen LogP contribution is 2.04. The Hall–Kier alpha value is -1.68. The predicted octanol–water partition coefficient (Wildman–Crippen LogP) is 1.09. The maximum Gasteiger partial charge on any atom is 0.0660 e. The third-order valence-corrected chi connectivity index (χ3v) is 2.20. The van der Waals surface area contributed by atoms with Crippen molar-refractivity contribution >= 4 is 0 Å². The van der Waals surface area contributed by atoms with Crippen LogP contribution in [0.2, 0.25) is 0 Å². The van der Waals surface area contributed by atoms with E-state index in [-0.39, 0.29) is 0 Å². The summed E-state index contributed by atoms with van der Waals surface area (Å²) in [6.07, 6.45) is 5.65. The summed E-state index contributed by atoms with van der Waals surface area (Å²) in [6, 6.07) is 3.99. The third kappa shape index (κ3) is 2.41. The van der Waals surface area contributed by atoms with Gasteiger partial charge in [0.2, 0.25) is 0 Å². The molecule has 0 aliphatic heterocycles. The van der Waals surface area contributed by atoms with Gasteiger partial charge in [0.25, 0.3) is 0 Å². The van der Waals surface area contributed by atoms with Crippen LogP contribution in [0.1, 0.15) is 16.8 Å². The van der Waals surface area contributed by atoms with Crippen LogP contribution in [0.3, 0.4) is 0 Å². The van der Waals surface area contributed by atoms with Gasteiger partial charge in [-0.25, -0.2) is 0 Å². The quantitative estimate of drug-likeness (QED) is 0.810. The van der Waals surface area contributed by atoms with Gasteiger partial charge in [0.15, 0.2) is 0 Å². The molecule has 2 N–H and O–H groups in total. The molecule has 0 spiro atoms. The van der Waals surface area contributed by atoms with E-state index in [0.717, 1.165) is 12.2 Å². The van der Waals surface area contributed by atoms with Gasteiger partial charge in [-0.1, -0.05) is 0 Å². The second kappa shape index (κ2) is 4.23. The maximum atomic E-state index is 5.53. The van der Waals surface area contributed by atoms with Gasteiger partial charge in [-0.3, -0.25) is 9.67 Å². The molecule has 4 heteroatoms. The van der Waals surface area contributed by atoms with Crippen LogP contribution in [0.5, 0.6) is 0 Å². The average Bonchev–Trinajstić information content (AvgIpc) is 2.64. The monoisotopic (exact) mass is 202 g/mol. The Morgan fingerprint density at radius 2 is 2.33 bits per heavy atom. The van der Waals surface area contributed by atoms with Gasteiger partial charge >= 0.3 is 0 Å². The van der Waals surface area contributed by atoms with Crippen LogP contribution in [0.4, 0.5) is 0 Å². The zero-order valence-corrected chi connectivity index (χ0v) is 8.72. The summed E-state index contributed by atoms with van der Waals surface area (Å²) in [4.78, 5) is 4.15. The number of aromatic nitrogens is 3. The van der Waals surface area contributed by atoms with E-state index in [1.54, 1.807) is 6.20 Å². The van der Waals surface area contributed by atoms with Crippen LogP contribution >= 0.6 is 0 Å². The Bertz CT molecular complexity index is 447. The number of nitrogens with zero attached hydrogens (tertiary/aromatic N) is 3. The normalized spacial score (nSPS) is 10.5. The summed E-state index contributed by atoms with van der Waals surface area (Å²) in [5.41, 5.74) is 8.79. The van der Waals surface area contributed by atoms with Crippen LogP contribution in [0.15, 0.2) is 30.7 Å². The van der Waals surface area contributed by atoms with Crippen LogP contribution in [0, 0.1) is 6.92 Å². The van der Waals surface area contributed by atoms with Crippen molar-refractivity contribution in [2.24, 2.45) is 5.73 Å². The number of hydrogen-bond acceptors (Lipinski definition) is 3. The lowest BCUT2D eigenvalue weighted by Gasteiger charge is -2.03. The fourth-order valence-electron chi connectivity index (χ4n) is 1.48. The lowest BCUT2D eigenvalue weighted by Crippen LogP contribution is -2.03. The minimum Gasteiger partial charge on any atom is -0.325 e. The Morgan fingerprint density at radius 1 is 1.47 bits per heavy atom. The maximum absolute atomic E-state index is 5.53. The molecule has 0 atom stereocenters. The summed E-state index contributed by atoms with van der Waals surface area (Å²) in [7, 11) is 0. The fourth-order valence-corrected chi connectivity index (χ4v) is 1.48. The van der Waals surface area contributed by atoms with Crippen LogP contribution in [0.25, 0.3) is 0 Å². The van der Waals surface area contributed by atoms with Crippen molar-refractivity contribution in [3.63, 3.8) is 0 Å². The number of aryl methyl sites for hydroxylation is 1. The molecule has 0 saturated heterocycles. The molecule has 0 bridgehead atoms. The molecule has 2 aromatic rings. The first-order valence-corrected chi connectivity index (χ1v) is 4.91. The molecular formula is C11H14N4. The first-order chi connectivity index (χ1) is 7.28. The van der Waals surface area contributed by atoms with Crippen molar-refractivity contribution in [3.8, 4) is 0 Å². The highest BCUT2D eigenvalue weighted by Gasteiger charge is 1.98. The molecular weight excluding hydrogens is 188 g/mol. The molecule has 0 radical (unpaired) electrons. The van der Waals surface area contributed by atoms with Crippen molar-refractivity contribution in [1.82, 2.24) is 14.8 Å². The van der Waals surface area contributed by atoms with Gasteiger partial charge in [-0.2, -0.15) is 5.10 Å². The minimum atomic E-state index is 0.478. The Labute approximate surface area is 88.8 Å². The second-order valence-corrected chi connectivity index (χ2v) is 3.57. The summed E-state index contributed by atoms with van der Waals surface area (Å²) in [6.45, 7) is 3.27. The first-order valence-electron chi connectivity index (χ1n) is 4.91. The van der Waals surface area contributed by atoms with E-state index in [0.29, 0.717) is 6.54 Å². The number of nitrogens with two attached hydrogens (primary N) is 1. The smallest absolute Gasteiger partial charge is 0.0660 e.